The molecule has 1 aromatic rings. The number of carboxylic acids is 1. The van der Waals surface area contributed by atoms with Crippen molar-refractivity contribution in [3.63, 3.8) is 0 Å². The minimum atomic E-state index is -4.35. The van der Waals surface area contributed by atoms with Crippen molar-refractivity contribution in [1.82, 2.24) is 4.72 Å². The summed E-state index contributed by atoms with van der Waals surface area (Å²) in [6, 6.07) is 2.15. The van der Waals surface area contributed by atoms with Crippen LogP contribution in [-0.4, -0.2) is 25.5 Å². The molecule has 5 nitrogen and oxygen atoms in total. The molecule has 0 amide bonds. The Morgan fingerprint density at radius 1 is 1.25 bits per heavy atom. The summed E-state index contributed by atoms with van der Waals surface area (Å²) < 4.78 is 53.0. The molecule has 0 aliphatic heterocycles. The van der Waals surface area contributed by atoms with Gasteiger partial charge in [-0.15, -0.1) is 0 Å². The van der Waals surface area contributed by atoms with Crippen LogP contribution >= 0.6 is 0 Å². The zero-order chi connectivity index (χ0) is 14.9. The molecule has 1 saturated carbocycles. The van der Waals surface area contributed by atoms with E-state index in [2.05, 4.69) is 4.72 Å². The molecule has 0 radical (unpaired) electrons. The predicted octanol–water partition coefficient (Wildman–Crippen LogP) is 1.50. The van der Waals surface area contributed by atoms with Gasteiger partial charge in [0.05, 0.1) is 5.92 Å². The predicted molar refractivity (Wildman–Crippen MR) is 65.4 cm³/mol. The molecular weight excluding hydrogens is 292 g/mol. The van der Waals surface area contributed by atoms with Crippen molar-refractivity contribution >= 4 is 16.0 Å². The van der Waals surface area contributed by atoms with Crippen molar-refractivity contribution in [3.05, 3.63) is 29.8 Å². The Labute approximate surface area is 114 Å². The highest BCUT2D eigenvalue weighted by atomic mass is 32.2. The second-order valence-corrected chi connectivity index (χ2v) is 6.37. The van der Waals surface area contributed by atoms with Crippen molar-refractivity contribution in [2.75, 3.05) is 0 Å². The van der Waals surface area contributed by atoms with Crippen LogP contribution in [0.4, 0.5) is 8.78 Å². The zero-order valence-corrected chi connectivity index (χ0v) is 11.2. The number of aliphatic carboxylic acids is 1. The second-order valence-electron chi connectivity index (χ2n) is 4.72. The van der Waals surface area contributed by atoms with Crippen molar-refractivity contribution in [2.24, 2.45) is 5.92 Å². The SMILES string of the molecule is O=C(O)[C@@H]1CC[C@H](NS(=O)(=O)c2c(F)cccc2F)C1. The van der Waals surface area contributed by atoms with Crippen LogP contribution in [0.3, 0.4) is 0 Å². The zero-order valence-electron chi connectivity index (χ0n) is 10.3. The molecule has 0 unspecified atom stereocenters. The molecule has 2 atom stereocenters. The van der Waals surface area contributed by atoms with Crippen LogP contribution in [0.15, 0.2) is 23.1 Å². The molecule has 2 N–H and O–H groups in total. The molecule has 0 saturated heterocycles. The van der Waals surface area contributed by atoms with E-state index in [9.17, 15) is 22.0 Å². The van der Waals surface area contributed by atoms with Crippen LogP contribution in [0.1, 0.15) is 19.3 Å². The van der Waals surface area contributed by atoms with E-state index in [1.807, 2.05) is 0 Å². The standard InChI is InChI=1S/C12H13F2NO4S/c13-9-2-1-3-10(14)11(9)20(18,19)15-8-5-4-7(6-8)12(16)17/h1-3,7-8,15H,4-6H2,(H,16,17)/t7-,8+/m1/s1. The third-order valence-electron chi connectivity index (χ3n) is 3.29. The van der Waals surface area contributed by atoms with Gasteiger partial charge in [-0.25, -0.2) is 21.9 Å². The largest absolute Gasteiger partial charge is 0.481 e. The Bertz CT molecular complexity index is 612. The van der Waals surface area contributed by atoms with Crippen LogP contribution in [0.25, 0.3) is 0 Å². The Balaban J connectivity index is 2.19. The highest BCUT2D eigenvalue weighted by Crippen LogP contribution is 2.27. The van der Waals surface area contributed by atoms with E-state index in [1.54, 1.807) is 0 Å². The number of nitrogens with one attached hydrogen (secondary N) is 1. The topological polar surface area (TPSA) is 83.5 Å². The van der Waals surface area contributed by atoms with Gasteiger partial charge in [-0.05, 0) is 31.4 Å². The highest BCUT2D eigenvalue weighted by Gasteiger charge is 2.34. The van der Waals surface area contributed by atoms with Gasteiger partial charge >= 0.3 is 5.97 Å². The first-order valence-electron chi connectivity index (χ1n) is 6.00. The summed E-state index contributed by atoms with van der Waals surface area (Å²) in [5.74, 6) is -3.98. The number of rotatable bonds is 4. The minimum Gasteiger partial charge on any atom is -0.481 e. The van der Waals surface area contributed by atoms with Gasteiger partial charge in [0.1, 0.15) is 11.6 Å². The van der Waals surface area contributed by atoms with E-state index in [1.165, 1.54) is 0 Å². The number of carbonyl (C=O) groups is 1. The summed E-state index contributed by atoms with van der Waals surface area (Å²) in [5, 5.41) is 8.84. The monoisotopic (exact) mass is 305 g/mol. The van der Waals surface area contributed by atoms with Crippen LogP contribution < -0.4 is 4.72 Å². The number of hydrogen-bond donors (Lipinski definition) is 2. The maximum atomic E-state index is 13.5. The molecule has 0 spiro atoms. The van der Waals surface area contributed by atoms with Crippen LogP contribution in [0.2, 0.25) is 0 Å². The smallest absolute Gasteiger partial charge is 0.306 e. The maximum absolute atomic E-state index is 13.5. The van der Waals surface area contributed by atoms with Crippen LogP contribution in [0, 0.1) is 17.6 Å². The molecule has 20 heavy (non-hydrogen) atoms. The Kier molecular flexibility index (Phi) is 4.05. The first kappa shape index (κ1) is 14.9. The van der Waals surface area contributed by atoms with E-state index >= 15 is 0 Å². The molecule has 110 valence electrons. The Morgan fingerprint density at radius 3 is 2.35 bits per heavy atom. The fraction of sp³-hybridized carbons (Fsp3) is 0.417. The van der Waals surface area contributed by atoms with Gasteiger partial charge in [0, 0.05) is 6.04 Å². The van der Waals surface area contributed by atoms with Gasteiger partial charge in [0.15, 0.2) is 4.90 Å². The summed E-state index contributed by atoms with van der Waals surface area (Å²) in [4.78, 5) is 9.76. The number of halogens is 2. The summed E-state index contributed by atoms with van der Waals surface area (Å²) in [6.07, 6.45) is 0.777. The Morgan fingerprint density at radius 2 is 1.85 bits per heavy atom. The molecule has 0 aromatic heterocycles. The first-order valence-corrected chi connectivity index (χ1v) is 7.48. The van der Waals surface area contributed by atoms with Gasteiger partial charge in [-0.1, -0.05) is 6.07 Å². The third-order valence-corrected chi connectivity index (χ3v) is 4.86. The fourth-order valence-corrected chi connectivity index (χ4v) is 3.75. The number of hydrogen-bond acceptors (Lipinski definition) is 3. The highest BCUT2D eigenvalue weighted by molar-refractivity contribution is 7.89. The molecule has 0 bridgehead atoms. The van der Waals surface area contributed by atoms with Crippen molar-refractivity contribution in [3.8, 4) is 0 Å². The fourth-order valence-electron chi connectivity index (χ4n) is 2.33. The maximum Gasteiger partial charge on any atom is 0.306 e. The van der Waals surface area contributed by atoms with Crippen LogP contribution in [0.5, 0.6) is 0 Å². The van der Waals surface area contributed by atoms with Crippen LogP contribution in [-0.2, 0) is 14.8 Å². The van der Waals surface area contributed by atoms with Crippen molar-refractivity contribution < 1.29 is 27.1 Å². The van der Waals surface area contributed by atoms with Crippen molar-refractivity contribution in [1.29, 1.82) is 0 Å². The minimum absolute atomic E-state index is 0.116. The first-order chi connectivity index (χ1) is 9.31. The molecule has 1 aromatic carbocycles. The van der Waals surface area contributed by atoms with Gasteiger partial charge in [0.25, 0.3) is 0 Å². The number of sulfonamides is 1. The van der Waals surface area contributed by atoms with Gasteiger partial charge in [0.2, 0.25) is 10.0 Å². The quantitative estimate of drug-likeness (QED) is 0.883. The van der Waals surface area contributed by atoms with Gasteiger partial charge < -0.3 is 5.11 Å². The Hall–Kier alpha value is -1.54. The molecule has 8 heteroatoms. The summed E-state index contributed by atoms with van der Waals surface area (Å²) in [5.41, 5.74) is 0. The second kappa shape index (κ2) is 5.45. The number of benzene rings is 1. The lowest BCUT2D eigenvalue weighted by Crippen LogP contribution is -2.34. The van der Waals surface area contributed by atoms with E-state index < -0.39 is 44.5 Å². The molecule has 1 aliphatic rings. The molecular formula is C12H13F2NO4S. The van der Waals surface area contributed by atoms with E-state index in [0.717, 1.165) is 18.2 Å². The summed E-state index contributed by atoms with van der Waals surface area (Å²) in [6.45, 7) is 0. The number of carboxylic acid groups (broad SMARTS) is 1. The molecule has 2 rings (SSSR count). The normalized spacial score (nSPS) is 22.9. The van der Waals surface area contributed by atoms with E-state index in [4.69, 9.17) is 5.11 Å². The van der Waals surface area contributed by atoms with Crippen molar-refractivity contribution in [2.45, 2.75) is 30.2 Å². The third kappa shape index (κ3) is 2.96. The average Bonchev–Trinajstić information content (AvgIpc) is 2.76. The molecule has 1 fully saturated rings. The summed E-state index contributed by atoms with van der Waals surface area (Å²) in [7, 11) is -4.35. The average molecular weight is 305 g/mol. The lowest BCUT2D eigenvalue weighted by atomic mass is 10.1. The molecule has 0 heterocycles. The van der Waals surface area contributed by atoms with E-state index in [-0.39, 0.29) is 6.42 Å². The van der Waals surface area contributed by atoms with Gasteiger partial charge in [-0.2, -0.15) is 0 Å². The summed E-state index contributed by atoms with van der Waals surface area (Å²) >= 11 is 0. The molecule has 1 aliphatic carbocycles. The van der Waals surface area contributed by atoms with E-state index in [0.29, 0.717) is 12.8 Å². The lowest BCUT2D eigenvalue weighted by Gasteiger charge is -2.13. The lowest BCUT2D eigenvalue weighted by molar-refractivity contribution is -0.141. The van der Waals surface area contributed by atoms with Gasteiger partial charge in [-0.3, -0.25) is 4.79 Å².